The Morgan fingerprint density at radius 2 is 1.90 bits per heavy atom. The molecule has 1 N–H and O–H groups in total. The number of aryl methyl sites for hydroxylation is 1. The van der Waals surface area contributed by atoms with E-state index in [9.17, 15) is 9.59 Å². The van der Waals surface area contributed by atoms with Crippen LogP contribution in [0.15, 0.2) is 59.0 Å². The van der Waals surface area contributed by atoms with E-state index in [4.69, 9.17) is 4.42 Å². The molecule has 1 aliphatic heterocycles. The molecule has 0 radical (unpaired) electrons. The van der Waals surface area contributed by atoms with Gasteiger partial charge in [0.25, 0.3) is 11.8 Å². The van der Waals surface area contributed by atoms with E-state index < -0.39 is 5.91 Å². The van der Waals surface area contributed by atoms with Crippen molar-refractivity contribution in [3.05, 3.63) is 65.9 Å². The second-order valence-electron chi connectivity index (χ2n) is 7.23. The maximum absolute atomic E-state index is 13.2. The molecule has 0 bridgehead atoms. The predicted octanol–water partition coefficient (Wildman–Crippen LogP) is 4.04. The number of rotatable bonds is 5. The van der Waals surface area contributed by atoms with E-state index in [2.05, 4.69) is 22.9 Å². The summed E-state index contributed by atoms with van der Waals surface area (Å²) in [7, 11) is 0. The number of nitrogens with zero attached hydrogens (tertiary/aromatic N) is 2. The van der Waals surface area contributed by atoms with Crippen molar-refractivity contribution >= 4 is 28.8 Å². The van der Waals surface area contributed by atoms with Crippen molar-refractivity contribution in [3.8, 4) is 0 Å². The van der Waals surface area contributed by atoms with Crippen LogP contribution in [0.5, 0.6) is 0 Å². The fourth-order valence-corrected chi connectivity index (χ4v) is 3.82. The van der Waals surface area contributed by atoms with Gasteiger partial charge in [-0.1, -0.05) is 18.2 Å². The Kier molecular flexibility index (Phi) is 5.51. The van der Waals surface area contributed by atoms with Crippen LogP contribution in [0, 0.1) is 0 Å². The Hall–Kier alpha value is -3.28. The highest BCUT2D eigenvalue weighted by molar-refractivity contribution is 6.05. The lowest BCUT2D eigenvalue weighted by Gasteiger charge is -2.27. The highest BCUT2D eigenvalue weighted by Crippen LogP contribution is 2.24. The summed E-state index contributed by atoms with van der Waals surface area (Å²) >= 11 is 0. The lowest BCUT2D eigenvalue weighted by atomic mass is 10.1. The van der Waals surface area contributed by atoms with E-state index in [0.29, 0.717) is 13.1 Å². The summed E-state index contributed by atoms with van der Waals surface area (Å²) in [5.41, 5.74) is 2.28. The first-order valence-corrected chi connectivity index (χ1v) is 10.1. The van der Waals surface area contributed by atoms with Crippen molar-refractivity contribution in [1.82, 2.24) is 14.8 Å². The van der Waals surface area contributed by atoms with E-state index in [-0.39, 0.29) is 17.4 Å². The summed E-state index contributed by atoms with van der Waals surface area (Å²) < 4.78 is 7.33. The molecular formula is C23H25N3O3. The molecule has 1 fully saturated rings. The van der Waals surface area contributed by atoms with Gasteiger partial charge in [0.05, 0.1) is 6.26 Å². The molecule has 1 aromatic carbocycles. The molecule has 4 rings (SSSR count). The topological polar surface area (TPSA) is 67.5 Å². The van der Waals surface area contributed by atoms with E-state index in [1.165, 1.54) is 6.26 Å². The SMILES string of the molecule is CCn1cc(/C=C(\NC(=O)c2ccco2)C(=O)N2CCCCC2)c2ccccc21. The average molecular weight is 391 g/mol. The monoisotopic (exact) mass is 391 g/mol. The summed E-state index contributed by atoms with van der Waals surface area (Å²) in [6.45, 7) is 4.33. The predicted molar refractivity (Wildman–Crippen MR) is 112 cm³/mol. The van der Waals surface area contributed by atoms with Gasteiger partial charge >= 0.3 is 0 Å². The maximum Gasteiger partial charge on any atom is 0.291 e. The summed E-state index contributed by atoms with van der Waals surface area (Å²) in [4.78, 5) is 27.6. The average Bonchev–Trinajstić information content (AvgIpc) is 3.42. The van der Waals surface area contributed by atoms with E-state index in [1.807, 2.05) is 29.3 Å². The van der Waals surface area contributed by atoms with Gasteiger partial charge in [-0.2, -0.15) is 0 Å². The number of nitrogens with one attached hydrogen (secondary N) is 1. The first kappa shape index (κ1) is 19.1. The van der Waals surface area contributed by atoms with Crippen molar-refractivity contribution in [2.45, 2.75) is 32.7 Å². The summed E-state index contributed by atoms with van der Waals surface area (Å²) in [6, 6.07) is 11.3. The second kappa shape index (κ2) is 8.39. The number of hydrogen-bond acceptors (Lipinski definition) is 3. The van der Waals surface area contributed by atoms with Crippen LogP contribution in [0.4, 0.5) is 0 Å². The zero-order valence-corrected chi connectivity index (χ0v) is 16.6. The molecule has 0 saturated carbocycles. The number of fused-ring (bicyclic) bond motifs is 1. The van der Waals surface area contributed by atoms with Crippen LogP contribution < -0.4 is 5.32 Å². The molecule has 3 aromatic rings. The highest BCUT2D eigenvalue weighted by atomic mass is 16.3. The summed E-state index contributed by atoms with van der Waals surface area (Å²) in [6.07, 6.45) is 8.35. The van der Waals surface area contributed by atoms with Crippen molar-refractivity contribution in [2.24, 2.45) is 0 Å². The Balaban J connectivity index is 1.73. The first-order valence-electron chi connectivity index (χ1n) is 10.1. The largest absolute Gasteiger partial charge is 0.459 e. The van der Waals surface area contributed by atoms with Gasteiger partial charge in [-0.25, -0.2) is 0 Å². The molecule has 0 unspecified atom stereocenters. The van der Waals surface area contributed by atoms with Crippen molar-refractivity contribution in [2.75, 3.05) is 13.1 Å². The van der Waals surface area contributed by atoms with Crippen molar-refractivity contribution in [3.63, 3.8) is 0 Å². The van der Waals surface area contributed by atoms with Crippen LogP contribution in [0.3, 0.4) is 0 Å². The number of aromatic nitrogens is 1. The minimum atomic E-state index is -0.425. The molecule has 3 heterocycles. The van der Waals surface area contributed by atoms with Crippen LogP contribution in [-0.2, 0) is 11.3 Å². The number of para-hydroxylation sites is 1. The number of carbonyl (C=O) groups is 2. The van der Waals surface area contributed by atoms with Crippen LogP contribution in [0.1, 0.15) is 42.3 Å². The molecule has 0 atom stereocenters. The normalized spacial score (nSPS) is 14.9. The quantitative estimate of drug-likeness (QED) is 0.668. The number of carbonyl (C=O) groups excluding carboxylic acids is 2. The molecular weight excluding hydrogens is 366 g/mol. The molecule has 1 saturated heterocycles. The number of amides is 2. The van der Waals surface area contributed by atoms with E-state index >= 15 is 0 Å². The number of likely N-dealkylation sites (tertiary alicyclic amines) is 1. The van der Waals surface area contributed by atoms with Gasteiger partial charge in [-0.05, 0) is 50.5 Å². The van der Waals surface area contributed by atoms with Gasteiger partial charge in [-0.3, -0.25) is 9.59 Å². The van der Waals surface area contributed by atoms with Crippen LogP contribution >= 0.6 is 0 Å². The lowest BCUT2D eigenvalue weighted by Crippen LogP contribution is -2.41. The Bertz CT molecular complexity index is 1040. The first-order chi connectivity index (χ1) is 14.2. The molecule has 2 aromatic heterocycles. The zero-order chi connectivity index (χ0) is 20.2. The summed E-state index contributed by atoms with van der Waals surface area (Å²) in [5, 5.41) is 3.83. The van der Waals surface area contributed by atoms with Gasteiger partial charge in [0.15, 0.2) is 5.76 Å². The van der Waals surface area contributed by atoms with Gasteiger partial charge in [0.2, 0.25) is 0 Å². The number of furan rings is 1. The Labute approximate surface area is 169 Å². The summed E-state index contributed by atoms with van der Waals surface area (Å²) in [5.74, 6) is -0.401. The standard InChI is InChI=1S/C23H25N3O3/c1-2-25-16-17(18-9-4-5-10-20(18)25)15-19(23(28)26-12-6-3-7-13-26)24-22(27)21-11-8-14-29-21/h4-5,8-11,14-16H,2-3,6-7,12-13H2,1H3,(H,24,27)/b19-15-. The third kappa shape index (κ3) is 3.97. The van der Waals surface area contributed by atoms with E-state index in [1.54, 1.807) is 18.2 Å². The van der Waals surface area contributed by atoms with Crippen molar-refractivity contribution < 1.29 is 14.0 Å². The minimum Gasteiger partial charge on any atom is -0.459 e. The van der Waals surface area contributed by atoms with Gasteiger partial charge < -0.3 is 19.2 Å². The Morgan fingerprint density at radius 1 is 1.10 bits per heavy atom. The molecule has 0 aliphatic carbocycles. The molecule has 150 valence electrons. The fourth-order valence-electron chi connectivity index (χ4n) is 3.82. The molecule has 0 spiro atoms. The fraction of sp³-hybridized carbons (Fsp3) is 0.304. The Morgan fingerprint density at radius 3 is 2.62 bits per heavy atom. The minimum absolute atomic E-state index is 0.155. The number of benzene rings is 1. The van der Waals surface area contributed by atoms with Crippen LogP contribution in [-0.4, -0.2) is 34.4 Å². The van der Waals surface area contributed by atoms with Gasteiger partial charge in [0, 0.05) is 42.3 Å². The smallest absolute Gasteiger partial charge is 0.291 e. The van der Waals surface area contributed by atoms with Crippen LogP contribution in [0.2, 0.25) is 0 Å². The lowest BCUT2D eigenvalue weighted by molar-refractivity contribution is -0.128. The van der Waals surface area contributed by atoms with Gasteiger partial charge in [-0.15, -0.1) is 0 Å². The van der Waals surface area contributed by atoms with E-state index in [0.717, 1.165) is 42.3 Å². The maximum atomic E-state index is 13.2. The van der Waals surface area contributed by atoms with Gasteiger partial charge in [0.1, 0.15) is 5.70 Å². The second-order valence-corrected chi connectivity index (χ2v) is 7.23. The van der Waals surface area contributed by atoms with Crippen LogP contribution in [0.25, 0.3) is 17.0 Å². The number of hydrogen-bond donors (Lipinski definition) is 1. The van der Waals surface area contributed by atoms with Crippen molar-refractivity contribution in [1.29, 1.82) is 0 Å². The third-order valence-electron chi connectivity index (χ3n) is 5.33. The zero-order valence-electron chi connectivity index (χ0n) is 16.6. The third-order valence-corrected chi connectivity index (χ3v) is 5.33. The number of piperidine rings is 1. The molecule has 6 nitrogen and oxygen atoms in total. The highest BCUT2D eigenvalue weighted by Gasteiger charge is 2.23. The molecule has 6 heteroatoms. The molecule has 29 heavy (non-hydrogen) atoms. The molecule has 2 amide bonds. The molecule has 1 aliphatic rings.